The average molecular weight is 531 g/mol. The van der Waals surface area contributed by atoms with Crippen molar-refractivity contribution in [1.29, 1.82) is 0 Å². The number of hydrogen-bond acceptors (Lipinski definition) is 1. The van der Waals surface area contributed by atoms with E-state index in [4.69, 9.17) is 0 Å². The Morgan fingerprint density at radius 2 is 1.57 bits per heavy atom. The monoisotopic (exact) mass is 530 g/mol. The highest BCUT2D eigenvalue weighted by atomic mass is 32.1. The average Bonchev–Trinajstić information content (AvgIpc) is 3.61. The van der Waals surface area contributed by atoms with Crippen molar-refractivity contribution in [2.45, 2.75) is 49.4 Å². The highest BCUT2D eigenvalue weighted by molar-refractivity contribution is 7.25. The summed E-state index contributed by atoms with van der Waals surface area (Å²) >= 11 is 1.95. The zero-order valence-corrected chi connectivity index (χ0v) is 23.5. The molecule has 1 heteroatoms. The lowest BCUT2D eigenvalue weighted by atomic mass is 9.53. The van der Waals surface area contributed by atoms with Gasteiger partial charge in [-0.15, -0.1) is 11.3 Å². The lowest BCUT2D eigenvalue weighted by Gasteiger charge is -2.49. The van der Waals surface area contributed by atoms with E-state index in [2.05, 4.69) is 110 Å². The van der Waals surface area contributed by atoms with Gasteiger partial charge >= 0.3 is 0 Å². The summed E-state index contributed by atoms with van der Waals surface area (Å²) in [6.07, 6.45) is 16.6. The van der Waals surface area contributed by atoms with E-state index < -0.39 is 0 Å². The van der Waals surface area contributed by atoms with Gasteiger partial charge in [0.05, 0.1) is 5.41 Å². The topological polar surface area (TPSA) is 0 Å². The fourth-order valence-corrected chi connectivity index (χ4v) is 10.9. The van der Waals surface area contributed by atoms with Gasteiger partial charge in [-0.05, 0) is 100 Å². The summed E-state index contributed by atoms with van der Waals surface area (Å²) < 4.78 is 2.80. The highest BCUT2D eigenvalue weighted by Gasteiger charge is 2.62. The third-order valence-electron chi connectivity index (χ3n) is 11.3. The van der Waals surface area contributed by atoms with Crippen molar-refractivity contribution in [3.8, 4) is 11.1 Å². The molecule has 4 unspecified atom stereocenters. The molecule has 0 saturated heterocycles. The summed E-state index contributed by atoms with van der Waals surface area (Å²) in [5, 5.41) is 2.81. The predicted molar refractivity (Wildman–Crippen MR) is 169 cm³/mol. The molecule has 0 amide bonds. The normalized spacial score (nSPS) is 28.4. The molecule has 5 aliphatic carbocycles. The first-order chi connectivity index (χ1) is 19.7. The summed E-state index contributed by atoms with van der Waals surface area (Å²) in [6.45, 7) is 2.60. The number of thiophene rings is 1. The summed E-state index contributed by atoms with van der Waals surface area (Å²) in [4.78, 5) is 0. The molecule has 0 fully saturated rings. The van der Waals surface area contributed by atoms with Gasteiger partial charge in [-0.2, -0.15) is 0 Å². The van der Waals surface area contributed by atoms with E-state index in [0.717, 1.165) is 12.8 Å². The smallest absolute Gasteiger partial charge is 0.0682 e. The quantitative estimate of drug-likeness (QED) is 0.189. The first-order valence-corrected chi connectivity index (χ1v) is 15.8. The molecule has 1 aromatic heterocycles. The van der Waals surface area contributed by atoms with Gasteiger partial charge in [-0.1, -0.05) is 97.5 Å². The minimum atomic E-state index is -0.227. The molecule has 0 N–H and O–H groups in total. The van der Waals surface area contributed by atoms with Gasteiger partial charge in [-0.3, -0.25) is 0 Å². The van der Waals surface area contributed by atoms with Gasteiger partial charge < -0.3 is 0 Å². The number of allylic oxidation sites excluding steroid dienone is 6. The molecule has 4 aromatic carbocycles. The second-order valence-corrected chi connectivity index (χ2v) is 13.8. The first kappa shape index (κ1) is 22.1. The molecule has 0 spiro atoms. The van der Waals surface area contributed by atoms with Gasteiger partial charge in [-0.25, -0.2) is 0 Å². The second kappa shape index (κ2) is 7.33. The lowest BCUT2D eigenvalue weighted by Crippen LogP contribution is -2.44. The van der Waals surface area contributed by atoms with Crippen molar-refractivity contribution in [1.82, 2.24) is 0 Å². The number of rotatable bonds is 1. The van der Waals surface area contributed by atoms with E-state index in [0.29, 0.717) is 11.8 Å². The molecule has 0 bridgehead atoms. The summed E-state index contributed by atoms with van der Waals surface area (Å²) in [5.41, 5.74) is 13.9. The summed E-state index contributed by atoms with van der Waals surface area (Å²) in [6, 6.07) is 28.8. The van der Waals surface area contributed by atoms with Crippen molar-refractivity contribution in [3.63, 3.8) is 0 Å². The van der Waals surface area contributed by atoms with Gasteiger partial charge in [0.15, 0.2) is 0 Å². The molecular weight excluding hydrogens is 500 g/mol. The Hall–Kier alpha value is -3.68. The molecule has 40 heavy (non-hydrogen) atoms. The first-order valence-electron chi connectivity index (χ1n) is 15.0. The standard InChI is InChI=1S/C39H30S/c1-38-30-15-7-5-13-24(30)26-19-20-27-28-22-35-29(25-14-6-10-18-34(25)40-35)21-33(28)39(37(27)36(26)38,23-11-3-2-4-12-23)32-17-9-8-16-31(32)38/h2-3,5-11,14,16-22,24,30H,4,12-13,15H2,1H3. The van der Waals surface area contributed by atoms with Gasteiger partial charge in [0.25, 0.3) is 0 Å². The van der Waals surface area contributed by atoms with Crippen LogP contribution in [0.25, 0.3) is 31.3 Å². The van der Waals surface area contributed by atoms with Gasteiger partial charge in [0.2, 0.25) is 0 Å². The Morgan fingerprint density at radius 3 is 2.48 bits per heavy atom. The van der Waals surface area contributed by atoms with Gasteiger partial charge in [0.1, 0.15) is 0 Å². The van der Waals surface area contributed by atoms with Crippen molar-refractivity contribution in [2.24, 2.45) is 5.92 Å². The van der Waals surface area contributed by atoms with E-state index in [1.807, 2.05) is 11.3 Å². The maximum Gasteiger partial charge on any atom is 0.0682 e. The van der Waals surface area contributed by atoms with E-state index in [1.54, 1.807) is 27.8 Å². The van der Waals surface area contributed by atoms with Crippen molar-refractivity contribution >= 4 is 31.5 Å². The molecule has 0 nitrogen and oxygen atoms in total. The Kier molecular flexibility index (Phi) is 4.04. The maximum atomic E-state index is 2.61. The Bertz CT molecular complexity index is 2050. The van der Waals surface area contributed by atoms with E-state index in [1.165, 1.54) is 55.3 Å². The largest absolute Gasteiger partial charge is 0.135 e. The Balaban J connectivity index is 1.43. The number of hydrogen-bond donors (Lipinski definition) is 0. The molecule has 5 aliphatic rings. The van der Waals surface area contributed by atoms with Crippen LogP contribution >= 0.6 is 11.3 Å². The number of benzene rings is 4. The summed E-state index contributed by atoms with van der Waals surface area (Å²) in [5.74, 6) is 1.23. The SMILES string of the molecule is CC12c3ccccc3C3(C4=CC=CCC4)c4cc5c(cc4-c4ccc(c1c43)C1CC=CCC12)sc1ccccc15. The van der Waals surface area contributed by atoms with E-state index in [9.17, 15) is 0 Å². The van der Waals surface area contributed by atoms with Crippen molar-refractivity contribution in [2.75, 3.05) is 0 Å². The van der Waals surface area contributed by atoms with Crippen LogP contribution in [-0.4, -0.2) is 0 Å². The zero-order chi connectivity index (χ0) is 26.2. The van der Waals surface area contributed by atoms with Crippen LogP contribution in [0, 0.1) is 5.92 Å². The third-order valence-corrected chi connectivity index (χ3v) is 12.4. The van der Waals surface area contributed by atoms with Crippen LogP contribution in [0.5, 0.6) is 0 Å². The van der Waals surface area contributed by atoms with Crippen LogP contribution in [-0.2, 0) is 10.8 Å². The van der Waals surface area contributed by atoms with E-state index >= 15 is 0 Å². The van der Waals surface area contributed by atoms with Gasteiger partial charge in [0, 0.05) is 25.6 Å². The van der Waals surface area contributed by atoms with Crippen LogP contribution in [0.15, 0.2) is 109 Å². The van der Waals surface area contributed by atoms with Crippen LogP contribution in [0.4, 0.5) is 0 Å². The minimum absolute atomic E-state index is 0.0351. The molecule has 192 valence electrons. The molecule has 1 heterocycles. The molecular formula is C39H30S. The highest BCUT2D eigenvalue weighted by Crippen LogP contribution is 2.71. The number of fused-ring (bicyclic) bond motifs is 12. The molecule has 10 rings (SSSR count). The summed E-state index contributed by atoms with van der Waals surface area (Å²) in [7, 11) is 0. The lowest BCUT2D eigenvalue weighted by molar-refractivity contribution is 0.310. The van der Waals surface area contributed by atoms with Crippen LogP contribution in [0.2, 0.25) is 0 Å². The second-order valence-electron chi connectivity index (χ2n) is 12.8. The zero-order valence-electron chi connectivity index (χ0n) is 22.7. The Morgan fingerprint density at radius 1 is 0.725 bits per heavy atom. The minimum Gasteiger partial charge on any atom is -0.135 e. The fraction of sp³-hybridized carbons (Fsp3) is 0.231. The van der Waals surface area contributed by atoms with Crippen molar-refractivity contribution < 1.29 is 0 Å². The maximum absolute atomic E-state index is 2.61. The Labute approximate surface area is 239 Å². The molecule has 4 atom stereocenters. The van der Waals surface area contributed by atoms with Crippen molar-refractivity contribution in [3.05, 3.63) is 142 Å². The van der Waals surface area contributed by atoms with Crippen LogP contribution in [0.3, 0.4) is 0 Å². The molecule has 5 aromatic rings. The predicted octanol–water partition coefficient (Wildman–Crippen LogP) is 10.3. The molecule has 0 radical (unpaired) electrons. The van der Waals surface area contributed by atoms with Crippen LogP contribution < -0.4 is 0 Å². The fourth-order valence-electron chi connectivity index (χ4n) is 9.82. The third kappa shape index (κ3) is 2.31. The molecule has 0 aliphatic heterocycles. The van der Waals surface area contributed by atoms with Crippen LogP contribution in [0.1, 0.15) is 71.9 Å². The molecule has 0 saturated carbocycles. The van der Waals surface area contributed by atoms with E-state index in [-0.39, 0.29) is 10.8 Å².